The van der Waals surface area contributed by atoms with Crippen LogP contribution in [0.5, 0.6) is 5.06 Å². The summed E-state index contributed by atoms with van der Waals surface area (Å²) in [4.78, 5) is 21.9. The highest BCUT2D eigenvalue weighted by atomic mass is 32.1. The van der Waals surface area contributed by atoms with E-state index in [4.69, 9.17) is 10.5 Å². The van der Waals surface area contributed by atoms with Gasteiger partial charge >= 0.3 is 5.97 Å². The maximum absolute atomic E-state index is 11.2. The molecule has 15 heavy (non-hydrogen) atoms. The van der Waals surface area contributed by atoms with E-state index in [9.17, 15) is 9.59 Å². The Kier molecular flexibility index (Phi) is 4.26. The van der Waals surface area contributed by atoms with E-state index in [1.54, 1.807) is 11.4 Å². The molecule has 5 nitrogen and oxygen atoms in total. The van der Waals surface area contributed by atoms with Crippen LogP contribution in [0.1, 0.15) is 10.4 Å². The van der Waals surface area contributed by atoms with Gasteiger partial charge in [0.1, 0.15) is 0 Å². The molecule has 2 N–H and O–H groups in total. The van der Waals surface area contributed by atoms with Crippen molar-refractivity contribution in [3.05, 3.63) is 17.0 Å². The number of methoxy groups -OCH3 is 1. The molecule has 0 aromatic carbocycles. The molecule has 0 atom stereocenters. The summed E-state index contributed by atoms with van der Waals surface area (Å²) in [6, 6.07) is 1.56. The Labute approximate surface area is 90.8 Å². The third-order valence-electron chi connectivity index (χ3n) is 1.64. The van der Waals surface area contributed by atoms with Gasteiger partial charge in [-0.15, -0.1) is 11.3 Å². The molecule has 0 aliphatic carbocycles. The van der Waals surface area contributed by atoms with E-state index in [-0.39, 0.29) is 18.9 Å². The molecule has 0 saturated carbocycles. The van der Waals surface area contributed by atoms with E-state index in [0.717, 1.165) is 0 Å². The van der Waals surface area contributed by atoms with Gasteiger partial charge in [0, 0.05) is 17.0 Å². The Morgan fingerprint density at radius 3 is 2.87 bits per heavy atom. The van der Waals surface area contributed by atoms with E-state index >= 15 is 0 Å². The molecular weight excluding hydrogens is 218 g/mol. The van der Waals surface area contributed by atoms with Gasteiger partial charge in [-0.25, -0.2) is 4.79 Å². The highest BCUT2D eigenvalue weighted by Crippen LogP contribution is 2.23. The zero-order valence-electron chi connectivity index (χ0n) is 8.19. The first kappa shape index (κ1) is 11.7. The zero-order chi connectivity index (χ0) is 11.3. The Bertz CT molecular complexity index is 361. The minimum Gasteiger partial charge on any atom is -0.472 e. The van der Waals surface area contributed by atoms with Crippen molar-refractivity contribution in [2.75, 3.05) is 20.3 Å². The summed E-state index contributed by atoms with van der Waals surface area (Å²) < 4.78 is 9.49. The molecule has 0 amide bonds. The van der Waals surface area contributed by atoms with Gasteiger partial charge in [0.25, 0.3) is 0 Å². The summed E-state index contributed by atoms with van der Waals surface area (Å²) in [6.07, 6.45) is 0. The van der Waals surface area contributed by atoms with Crippen LogP contribution in [0.3, 0.4) is 0 Å². The molecule has 0 saturated heterocycles. The molecule has 1 aromatic rings. The Balaban J connectivity index is 2.53. The Hall–Kier alpha value is -1.40. The molecule has 1 rings (SSSR count). The molecule has 1 heterocycles. The number of rotatable bonds is 5. The largest absolute Gasteiger partial charge is 0.472 e. The molecule has 0 unspecified atom stereocenters. The van der Waals surface area contributed by atoms with Crippen LogP contribution in [0, 0.1) is 0 Å². The third-order valence-corrected chi connectivity index (χ3v) is 2.48. The highest BCUT2D eigenvalue weighted by Gasteiger charge is 2.08. The number of thiophene rings is 1. The maximum Gasteiger partial charge on any atom is 0.343 e. The summed E-state index contributed by atoms with van der Waals surface area (Å²) >= 11 is 1.24. The van der Waals surface area contributed by atoms with Crippen LogP contribution >= 0.6 is 11.3 Å². The zero-order valence-corrected chi connectivity index (χ0v) is 9.00. The number of hydrogen-bond donors (Lipinski definition) is 1. The minimum absolute atomic E-state index is 0.0345. The van der Waals surface area contributed by atoms with Crippen molar-refractivity contribution in [1.82, 2.24) is 0 Å². The molecule has 0 aliphatic rings. The molecule has 0 radical (unpaired) electrons. The summed E-state index contributed by atoms with van der Waals surface area (Å²) in [5, 5.41) is 2.14. The van der Waals surface area contributed by atoms with E-state index in [1.807, 2.05) is 0 Å². The summed E-state index contributed by atoms with van der Waals surface area (Å²) in [7, 11) is 1.28. The number of ether oxygens (including phenoxy) is 2. The topological polar surface area (TPSA) is 78.6 Å². The van der Waals surface area contributed by atoms with Crippen LogP contribution in [0.25, 0.3) is 0 Å². The monoisotopic (exact) mass is 229 g/mol. The van der Waals surface area contributed by atoms with E-state index in [2.05, 4.69) is 4.74 Å². The molecule has 6 heteroatoms. The van der Waals surface area contributed by atoms with Gasteiger partial charge in [0.15, 0.2) is 17.5 Å². The quantitative estimate of drug-likeness (QED) is 0.585. The summed E-state index contributed by atoms with van der Waals surface area (Å²) in [5.74, 6) is -0.616. The smallest absolute Gasteiger partial charge is 0.343 e. The molecule has 0 bridgehead atoms. The van der Waals surface area contributed by atoms with E-state index in [0.29, 0.717) is 10.6 Å². The Morgan fingerprint density at radius 2 is 2.27 bits per heavy atom. The first-order valence-corrected chi connectivity index (χ1v) is 5.06. The van der Waals surface area contributed by atoms with Crippen molar-refractivity contribution in [1.29, 1.82) is 0 Å². The number of esters is 1. The molecule has 0 aliphatic heterocycles. The third kappa shape index (κ3) is 3.34. The number of Topliss-reactive ketones (excluding diaryl/α,β-unsaturated/α-hetero) is 1. The van der Waals surface area contributed by atoms with Crippen molar-refractivity contribution in [3.63, 3.8) is 0 Å². The lowest BCUT2D eigenvalue weighted by Crippen LogP contribution is -2.13. The fraction of sp³-hybridized carbons (Fsp3) is 0.333. The number of nitrogens with two attached hydrogens (primary N) is 1. The predicted octanol–water partition coefficient (Wildman–Crippen LogP) is 0.441. The highest BCUT2D eigenvalue weighted by molar-refractivity contribution is 7.12. The minimum atomic E-state index is -0.463. The second-order valence-electron chi connectivity index (χ2n) is 2.65. The van der Waals surface area contributed by atoms with Crippen molar-refractivity contribution in [3.8, 4) is 5.06 Å². The summed E-state index contributed by atoms with van der Waals surface area (Å²) in [6.45, 7) is -0.194. The predicted molar refractivity (Wildman–Crippen MR) is 55.2 cm³/mol. The molecule has 0 fully saturated rings. The van der Waals surface area contributed by atoms with E-state index in [1.165, 1.54) is 18.4 Å². The Morgan fingerprint density at radius 1 is 1.53 bits per heavy atom. The van der Waals surface area contributed by atoms with Crippen LogP contribution in [0.4, 0.5) is 0 Å². The molecule has 82 valence electrons. The van der Waals surface area contributed by atoms with Gasteiger partial charge in [0.2, 0.25) is 0 Å². The number of carbonyl (C=O) groups excluding carboxylic acids is 2. The number of ketones is 1. The van der Waals surface area contributed by atoms with Gasteiger partial charge in [-0.2, -0.15) is 0 Å². The second kappa shape index (κ2) is 5.47. The number of carbonyl (C=O) groups is 2. The normalized spacial score (nSPS) is 9.73. The number of hydrogen-bond acceptors (Lipinski definition) is 6. The maximum atomic E-state index is 11.2. The fourth-order valence-corrected chi connectivity index (χ4v) is 1.61. The van der Waals surface area contributed by atoms with Crippen LogP contribution in [-0.4, -0.2) is 32.0 Å². The second-order valence-corrected chi connectivity index (χ2v) is 3.52. The average Bonchev–Trinajstić information content (AvgIpc) is 2.73. The molecule has 0 spiro atoms. The van der Waals surface area contributed by atoms with Crippen molar-refractivity contribution < 1.29 is 19.1 Å². The van der Waals surface area contributed by atoms with E-state index < -0.39 is 5.97 Å². The lowest BCUT2D eigenvalue weighted by Gasteiger charge is -2.00. The van der Waals surface area contributed by atoms with Gasteiger partial charge in [-0.1, -0.05) is 0 Å². The van der Waals surface area contributed by atoms with Gasteiger partial charge < -0.3 is 15.2 Å². The van der Waals surface area contributed by atoms with Crippen LogP contribution in [0.2, 0.25) is 0 Å². The lowest BCUT2D eigenvalue weighted by molar-refractivity contribution is -0.142. The standard InChI is InChI=1S/C9H11NO4S/c1-13-8(12)4-14-9-2-6(5-15-9)7(11)3-10/h2,5H,3-4,10H2,1H3. The lowest BCUT2D eigenvalue weighted by atomic mass is 10.2. The van der Waals surface area contributed by atoms with Gasteiger partial charge in [-0.3, -0.25) is 4.79 Å². The van der Waals surface area contributed by atoms with Crippen molar-refractivity contribution >= 4 is 23.1 Å². The molecular formula is C9H11NO4S. The average molecular weight is 229 g/mol. The first-order valence-electron chi connectivity index (χ1n) is 4.18. The van der Waals surface area contributed by atoms with Crippen molar-refractivity contribution in [2.24, 2.45) is 5.73 Å². The SMILES string of the molecule is COC(=O)COc1cc(C(=O)CN)cs1. The first-order chi connectivity index (χ1) is 7.17. The fourth-order valence-electron chi connectivity index (χ4n) is 0.845. The van der Waals surface area contributed by atoms with Crippen LogP contribution in [-0.2, 0) is 9.53 Å². The van der Waals surface area contributed by atoms with Crippen LogP contribution < -0.4 is 10.5 Å². The summed E-state index contributed by atoms with van der Waals surface area (Å²) in [5.41, 5.74) is 5.70. The van der Waals surface area contributed by atoms with Crippen LogP contribution in [0.15, 0.2) is 11.4 Å². The molecule has 1 aromatic heterocycles. The van der Waals surface area contributed by atoms with Gasteiger partial charge in [-0.05, 0) is 0 Å². The van der Waals surface area contributed by atoms with Crippen molar-refractivity contribution in [2.45, 2.75) is 0 Å². The van der Waals surface area contributed by atoms with Gasteiger partial charge in [0.05, 0.1) is 13.7 Å².